The van der Waals surface area contributed by atoms with Crippen LogP contribution in [0.2, 0.25) is 5.15 Å². The fourth-order valence-electron chi connectivity index (χ4n) is 2.13. The highest BCUT2D eigenvalue weighted by Crippen LogP contribution is 2.27. The Morgan fingerprint density at radius 2 is 2.21 bits per heavy atom. The molecule has 0 saturated heterocycles. The summed E-state index contributed by atoms with van der Waals surface area (Å²) in [4.78, 5) is 7.19. The van der Waals surface area contributed by atoms with E-state index in [0.29, 0.717) is 5.15 Å². The van der Waals surface area contributed by atoms with Crippen molar-refractivity contribution in [2.45, 2.75) is 12.5 Å². The highest BCUT2D eigenvalue weighted by atomic mass is 35.5. The molecule has 0 radical (unpaired) electrons. The molecule has 1 aliphatic carbocycles. The number of halogens is 1. The smallest absolute Gasteiger partial charge is 0.129 e. The minimum Gasteiger partial charge on any atom is -0.382 e. The third kappa shape index (κ3) is 2.48. The Morgan fingerprint density at radius 1 is 1.32 bits per heavy atom. The van der Waals surface area contributed by atoms with Crippen molar-refractivity contribution in [2.75, 3.05) is 0 Å². The van der Waals surface area contributed by atoms with E-state index < -0.39 is 6.10 Å². The second-order valence-electron chi connectivity index (χ2n) is 4.45. The van der Waals surface area contributed by atoms with Gasteiger partial charge < -0.3 is 10.1 Å². The lowest BCUT2D eigenvalue weighted by Gasteiger charge is -2.09. The van der Waals surface area contributed by atoms with Crippen molar-refractivity contribution < 1.29 is 5.11 Å². The fraction of sp³-hybridized carbons (Fsp3) is 0.133. The zero-order valence-corrected chi connectivity index (χ0v) is 10.9. The predicted molar refractivity (Wildman–Crippen MR) is 77.0 cm³/mol. The SMILES string of the molecule is OC(C1=CC=CCC=C1)c1cc2cc(Cl)ncc2[nH]1. The maximum atomic E-state index is 10.4. The van der Waals surface area contributed by atoms with Crippen molar-refractivity contribution in [2.24, 2.45) is 0 Å². The third-order valence-corrected chi connectivity index (χ3v) is 3.32. The number of nitrogens with zero attached hydrogens (tertiary/aromatic N) is 1. The topological polar surface area (TPSA) is 48.9 Å². The molecule has 96 valence electrons. The van der Waals surface area contributed by atoms with Crippen LogP contribution in [0.15, 0.2) is 54.3 Å². The summed E-state index contributed by atoms with van der Waals surface area (Å²) in [6.45, 7) is 0. The lowest BCUT2D eigenvalue weighted by atomic mass is 10.1. The van der Waals surface area contributed by atoms with E-state index in [2.05, 4.69) is 9.97 Å². The van der Waals surface area contributed by atoms with Gasteiger partial charge in [-0.1, -0.05) is 42.0 Å². The summed E-state index contributed by atoms with van der Waals surface area (Å²) in [6, 6.07) is 3.68. The number of pyridine rings is 1. The van der Waals surface area contributed by atoms with Gasteiger partial charge >= 0.3 is 0 Å². The Kier molecular flexibility index (Phi) is 3.23. The zero-order valence-electron chi connectivity index (χ0n) is 10.2. The number of aromatic amines is 1. The highest BCUT2D eigenvalue weighted by Gasteiger charge is 2.14. The Labute approximate surface area is 115 Å². The van der Waals surface area contributed by atoms with Crippen LogP contribution in [-0.4, -0.2) is 15.1 Å². The number of aliphatic hydroxyl groups excluding tert-OH is 1. The third-order valence-electron chi connectivity index (χ3n) is 3.11. The number of allylic oxidation sites excluding steroid dienone is 4. The molecule has 2 N–H and O–H groups in total. The molecule has 1 atom stereocenters. The van der Waals surface area contributed by atoms with E-state index in [0.717, 1.165) is 28.6 Å². The van der Waals surface area contributed by atoms with Crippen LogP contribution < -0.4 is 0 Å². The Morgan fingerprint density at radius 3 is 3.11 bits per heavy atom. The molecule has 2 aromatic rings. The van der Waals surface area contributed by atoms with Gasteiger partial charge in [-0.3, -0.25) is 0 Å². The Hall–Kier alpha value is -1.84. The standard InChI is InChI=1S/C15H13ClN2O/c16-14-8-11-7-12(18-13(11)9-17-14)15(19)10-5-3-1-2-4-6-10/h1,3-9,15,18-19H,2H2. The van der Waals surface area contributed by atoms with E-state index in [1.54, 1.807) is 12.3 Å². The van der Waals surface area contributed by atoms with Crippen LogP contribution in [0, 0.1) is 0 Å². The van der Waals surface area contributed by atoms with Gasteiger partial charge in [0.2, 0.25) is 0 Å². The van der Waals surface area contributed by atoms with Crippen molar-refractivity contribution in [3.63, 3.8) is 0 Å². The quantitative estimate of drug-likeness (QED) is 0.819. The lowest BCUT2D eigenvalue weighted by Crippen LogP contribution is -1.99. The van der Waals surface area contributed by atoms with Gasteiger partial charge in [0.05, 0.1) is 11.7 Å². The van der Waals surface area contributed by atoms with Crippen molar-refractivity contribution in [3.05, 3.63) is 65.1 Å². The molecule has 0 aliphatic heterocycles. The molecule has 0 saturated carbocycles. The summed E-state index contributed by atoms with van der Waals surface area (Å²) in [6.07, 6.45) is 11.8. The maximum absolute atomic E-state index is 10.4. The summed E-state index contributed by atoms with van der Waals surface area (Å²) < 4.78 is 0. The van der Waals surface area contributed by atoms with Crippen LogP contribution in [0.4, 0.5) is 0 Å². The number of H-pyrrole nitrogens is 1. The molecule has 1 aliphatic rings. The first-order chi connectivity index (χ1) is 9.24. The number of aliphatic hydroxyl groups is 1. The number of hydrogen-bond acceptors (Lipinski definition) is 2. The van der Waals surface area contributed by atoms with E-state index in [1.807, 2.05) is 36.4 Å². The van der Waals surface area contributed by atoms with Gasteiger partial charge in [-0.2, -0.15) is 0 Å². The van der Waals surface area contributed by atoms with Crippen LogP contribution in [0.3, 0.4) is 0 Å². The number of nitrogens with one attached hydrogen (secondary N) is 1. The van der Waals surface area contributed by atoms with E-state index in [4.69, 9.17) is 11.6 Å². The molecular weight excluding hydrogens is 260 g/mol. The van der Waals surface area contributed by atoms with Gasteiger partial charge in [0.1, 0.15) is 11.3 Å². The molecule has 3 rings (SSSR count). The normalized spacial score (nSPS) is 16.4. The molecule has 3 nitrogen and oxygen atoms in total. The van der Waals surface area contributed by atoms with Crippen molar-refractivity contribution in [3.8, 4) is 0 Å². The summed E-state index contributed by atoms with van der Waals surface area (Å²) >= 11 is 5.86. The molecule has 2 heterocycles. The second-order valence-corrected chi connectivity index (χ2v) is 4.84. The van der Waals surface area contributed by atoms with Crippen molar-refractivity contribution in [1.82, 2.24) is 9.97 Å². The summed E-state index contributed by atoms with van der Waals surface area (Å²) in [7, 11) is 0. The molecular formula is C15H13ClN2O. The van der Waals surface area contributed by atoms with Crippen LogP contribution >= 0.6 is 11.6 Å². The molecule has 0 bridgehead atoms. The van der Waals surface area contributed by atoms with Crippen LogP contribution in [-0.2, 0) is 0 Å². The van der Waals surface area contributed by atoms with Crippen molar-refractivity contribution in [1.29, 1.82) is 0 Å². The molecule has 19 heavy (non-hydrogen) atoms. The molecule has 1 unspecified atom stereocenters. The molecule has 0 spiro atoms. The minimum absolute atomic E-state index is 0.448. The van der Waals surface area contributed by atoms with E-state index in [9.17, 15) is 5.11 Å². The van der Waals surface area contributed by atoms with Crippen LogP contribution in [0.25, 0.3) is 10.9 Å². The first-order valence-corrected chi connectivity index (χ1v) is 6.47. The largest absolute Gasteiger partial charge is 0.382 e. The molecule has 4 heteroatoms. The number of rotatable bonds is 2. The van der Waals surface area contributed by atoms with E-state index in [-0.39, 0.29) is 0 Å². The summed E-state index contributed by atoms with van der Waals surface area (Å²) in [5.74, 6) is 0. The van der Waals surface area contributed by atoms with Gasteiger partial charge in [-0.25, -0.2) is 4.98 Å². The van der Waals surface area contributed by atoms with Gasteiger partial charge in [0.25, 0.3) is 0 Å². The maximum Gasteiger partial charge on any atom is 0.129 e. The molecule has 2 aromatic heterocycles. The number of aromatic nitrogens is 2. The monoisotopic (exact) mass is 272 g/mol. The molecule has 0 amide bonds. The Bertz CT molecular complexity index is 697. The van der Waals surface area contributed by atoms with Crippen molar-refractivity contribution >= 4 is 22.5 Å². The lowest BCUT2D eigenvalue weighted by molar-refractivity contribution is 0.215. The van der Waals surface area contributed by atoms with E-state index >= 15 is 0 Å². The average Bonchev–Trinajstić information content (AvgIpc) is 2.64. The van der Waals surface area contributed by atoms with Crippen LogP contribution in [0.1, 0.15) is 18.2 Å². The number of fused-ring (bicyclic) bond motifs is 1. The Balaban J connectivity index is 1.99. The first-order valence-electron chi connectivity index (χ1n) is 6.09. The number of hydrogen-bond donors (Lipinski definition) is 2. The highest BCUT2D eigenvalue weighted by molar-refractivity contribution is 6.30. The van der Waals surface area contributed by atoms with Gasteiger partial charge in [-0.15, -0.1) is 0 Å². The first kappa shape index (κ1) is 12.2. The predicted octanol–water partition coefficient (Wildman–Crippen LogP) is 3.69. The summed E-state index contributed by atoms with van der Waals surface area (Å²) in [5.41, 5.74) is 2.47. The minimum atomic E-state index is -0.676. The van der Waals surface area contributed by atoms with Crippen LogP contribution in [0.5, 0.6) is 0 Å². The van der Waals surface area contributed by atoms with Gasteiger partial charge in [-0.05, 0) is 24.1 Å². The molecule has 0 aromatic carbocycles. The fourth-order valence-corrected chi connectivity index (χ4v) is 2.30. The zero-order chi connectivity index (χ0) is 13.2. The molecule has 0 fully saturated rings. The van der Waals surface area contributed by atoms with Gasteiger partial charge in [0, 0.05) is 11.1 Å². The van der Waals surface area contributed by atoms with E-state index in [1.165, 1.54) is 0 Å². The average molecular weight is 273 g/mol. The second kappa shape index (κ2) is 5.03. The summed E-state index contributed by atoms with van der Waals surface area (Å²) in [5, 5.41) is 11.8. The van der Waals surface area contributed by atoms with Gasteiger partial charge in [0.15, 0.2) is 0 Å².